The molecule has 154 valence electrons. The van der Waals surface area contributed by atoms with E-state index in [1.165, 1.54) is 0 Å². The fourth-order valence-electron chi connectivity index (χ4n) is 5.58. The van der Waals surface area contributed by atoms with E-state index in [2.05, 4.69) is 12.2 Å². The van der Waals surface area contributed by atoms with E-state index in [4.69, 9.17) is 0 Å². The standard InChI is InChI=1S/C22H30F2N2O2/c1-16-20(9-12-25-16)10-13-26(14-11-20)19(27)22(28,17-5-3-2-4-6-17)18-7-8-21(23,24)15-18/h2-6,16,18,25,28H,7-15H2,1H3/t16-,18+,22-/m0/s1. The first-order chi connectivity index (χ1) is 13.3. The van der Waals surface area contributed by atoms with Crippen LogP contribution in [-0.4, -0.2) is 47.5 Å². The minimum absolute atomic E-state index is 0.156. The van der Waals surface area contributed by atoms with Crippen LogP contribution in [0.15, 0.2) is 30.3 Å². The number of alkyl halides is 2. The van der Waals surface area contributed by atoms with Crippen LogP contribution in [0.1, 0.15) is 51.0 Å². The van der Waals surface area contributed by atoms with Gasteiger partial charge >= 0.3 is 0 Å². The molecule has 4 nitrogen and oxygen atoms in total. The highest BCUT2D eigenvalue weighted by Crippen LogP contribution is 2.49. The SMILES string of the molecule is C[C@@H]1NCCC12CCN(C(=O)[C@](O)(c1ccccc1)[C@@H]1CCC(F)(F)C1)CC2. The minimum Gasteiger partial charge on any atom is -0.375 e. The van der Waals surface area contributed by atoms with Gasteiger partial charge in [0.05, 0.1) is 0 Å². The molecule has 2 saturated heterocycles. The van der Waals surface area contributed by atoms with Crippen molar-refractivity contribution in [2.75, 3.05) is 19.6 Å². The third-order valence-corrected chi connectivity index (χ3v) is 7.57. The highest BCUT2D eigenvalue weighted by molar-refractivity contribution is 5.87. The van der Waals surface area contributed by atoms with E-state index in [0.717, 1.165) is 25.8 Å². The van der Waals surface area contributed by atoms with Crippen LogP contribution in [0.2, 0.25) is 0 Å². The lowest BCUT2D eigenvalue weighted by atomic mass is 9.72. The molecule has 2 N–H and O–H groups in total. The number of hydrogen-bond donors (Lipinski definition) is 2. The molecule has 28 heavy (non-hydrogen) atoms. The van der Waals surface area contributed by atoms with Gasteiger partial charge in [-0.2, -0.15) is 0 Å². The molecular weight excluding hydrogens is 362 g/mol. The molecule has 2 aliphatic heterocycles. The van der Waals surface area contributed by atoms with E-state index in [0.29, 0.717) is 24.7 Å². The molecule has 0 unspecified atom stereocenters. The number of halogens is 2. The summed E-state index contributed by atoms with van der Waals surface area (Å²) < 4.78 is 27.9. The highest BCUT2D eigenvalue weighted by atomic mass is 19.3. The van der Waals surface area contributed by atoms with Crippen molar-refractivity contribution in [2.24, 2.45) is 11.3 Å². The molecule has 2 heterocycles. The lowest BCUT2D eigenvalue weighted by Gasteiger charge is -2.45. The number of nitrogens with zero attached hydrogens (tertiary/aromatic N) is 1. The number of piperidine rings is 1. The zero-order chi connectivity index (χ0) is 20.0. The molecule has 1 saturated carbocycles. The number of likely N-dealkylation sites (tertiary alicyclic amines) is 1. The lowest BCUT2D eigenvalue weighted by Crippen LogP contribution is -2.55. The zero-order valence-corrected chi connectivity index (χ0v) is 16.5. The van der Waals surface area contributed by atoms with Gasteiger partial charge in [0.1, 0.15) is 0 Å². The summed E-state index contributed by atoms with van der Waals surface area (Å²) in [5, 5.41) is 15.1. The second-order valence-corrected chi connectivity index (χ2v) is 9.01. The van der Waals surface area contributed by atoms with Crippen LogP contribution in [0.3, 0.4) is 0 Å². The Kier molecular flexibility index (Phi) is 4.99. The topological polar surface area (TPSA) is 52.6 Å². The average Bonchev–Trinajstić information content (AvgIpc) is 3.24. The normalized spacial score (nSPS) is 31.1. The molecule has 4 rings (SSSR count). The maximum absolute atomic E-state index is 13.9. The first kappa shape index (κ1) is 19.8. The zero-order valence-electron chi connectivity index (χ0n) is 16.5. The predicted molar refractivity (Wildman–Crippen MR) is 103 cm³/mol. The Labute approximate surface area is 165 Å². The smallest absolute Gasteiger partial charge is 0.259 e. The summed E-state index contributed by atoms with van der Waals surface area (Å²) in [6, 6.07) is 9.09. The fraction of sp³-hybridized carbons (Fsp3) is 0.682. The van der Waals surface area contributed by atoms with Gasteiger partial charge in [-0.25, -0.2) is 8.78 Å². The van der Waals surface area contributed by atoms with Crippen LogP contribution in [0.25, 0.3) is 0 Å². The molecule has 0 radical (unpaired) electrons. The third kappa shape index (κ3) is 3.24. The van der Waals surface area contributed by atoms with E-state index >= 15 is 0 Å². The number of carbonyl (C=O) groups is 1. The van der Waals surface area contributed by atoms with Crippen LogP contribution in [0.5, 0.6) is 0 Å². The first-order valence-corrected chi connectivity index (χ1v) is 10.5. The molecule has 3 atom stereocenters. The van der Waals surface area contributed by atoms with Gasteiger partial charge in [-0.3, -0.25) is 4.79 Å². The lowest BCUT2D eigenvalue weighted by molar-refractivity contribution is -0.163. The Morgan fingerprint density at radius 1 is 1.18 bits per heavy atom. The van der Waals surface area contributed by atoms with Gasteiger partial charge in [0.25, 0.3) is 5.91 Å². The van der Waals surface area contributed by atoms with Crippen molar-refractivity contribution >= 4 is 5.91 Å². The van der Waals surface area contributed by atoms with E-state index in [1.54, 1.807) is 35.2 Å². The fourth-order valence-corrected chi connectivity index (χ4v) is 5.58. The van der Waals surface area contributed by atoms with Crippen LogP contribution in [-0.2, 0) is 10.4 Å². The summed E-state index contributed by atoms with van der Waals surface area (Å²) in [4.78, 5) is 15.2. The van der Waals surface area contributed by atoms with Crippen molar-refractivity contribution < 1.29 is 18.7 Å². The molecule has 0 bridgehead atoms. The Balaban J connectivity index is 1.58. The summed E-state index contributed by atoms with van der Waals surface area (Å²) in [6.07, 6.45) is 2.32. The highest BCUT2D eigenvalue weighted by Gasteiger charge is 2.55. The Morgan fingerprint density at radius 3 is 2.39 bits per heavy atom. The van der Waals surface area contributed by atoms with Gasteiger partial charge in [0.2, 0.25) is 5.92 Å². The molecule has 0 aromatic heterocycles. The van der Waals surface area contributed by atoms with E-state index in [1.807, 2.05) is 0 Å². The predicted octanol–water partition coefficient (Wildman–Crippen LogP) is 3.30. The van der Waals surface area contributed by atoms with Gasteiger partial charge in [0, 0.05) is 37.9 Å². The number of nitrogens with one attached hydrogen (secondary N) is 1. The monoisotopic (exact) mass is 392 g/mol. The van der Waals surface area contributed by atoms with Crippen molar-refractivity contribution in [3.63, 3.8) is 0 Å². The summed E-state index contributed by atoms with van der Waals surface area (Å²) >= 11 is 0. The molecule has 1 amide bonds. The summed E-state index contributed by atoms with van der Waals surface area (Å²) in [5.41, 5.74) is -1.24. The number of rotatable bonds is 3. The van der Waals surface area contributed by atoms with Crippen LogP contribution in [0, 0.1) is 11.3 Å². The third-order valence-electron chi connectivity index (χ3n) is 7.57. The molecule has 3 fully saturated rings. The second-order valence-electron chi connectivity index (χ2n) is 9.01. The Hall–Kier alpha value is -1.53. The summed E-state index contributed by atoms with van der Waals surface area (Å²) in [6.45, 7) is 4.35. The molecular formula is C22H30F2N2O2. The van der Waals surface area contributed by atoms with E-state index in [9.17, 15) is 18.7 Å². The average molecular weight is 392 g/mol. The molecule has 1 aromatic carbocycles. The maximum atomic E-state index is 13.9. The largest absolute Gasteiger partial charge is 0.375 e. The van der Waals surface area contributed by atoms with Crippen molar-refractivity contribution in [3.8, 4) is 0 Å². The number of amides is 1. The number of carbonyl (C=O) groups excluding carboxylic acids is 1. The molecule has 1 aliphatic carbocycles. The van der Waals surface area contributed by atoms with E-state index < -0.39 is 29.8 Å². The van der Waals surface area contributed by atoms with Crippen molar-refractivity contribution in [1.82, 2.24) is 10.2 Å². The molecule has 6 heteroatoms. The maximum Gasteiger partial charge on any atom is 0.259 e. The Bertz CT molecular complexity index is 719. The summed E-state index contributed by atoms with van der Waals surface area (Å²) in [7, 11) is 0. The van der Waals surface area contributed by atoms with Gasteiger partial charge in [-0.15, -0.1) is 0 Å². The van der Waals surface area contributed by atoms with Gasteiger partial charge in [-0.1, -0.05) is 30.3 Å². The first-order valence-electron chi connectivity index (χ1n) is 10.5. The van der Waals surface area contributed by atoms with Crippen LogP contribution < -0.4 is 5.32 Å². The van der Waals surface area contributed by atoms with Crippen LogP contribution >= 0.6 is 0 Å². The second kappa shape index (κ2) is 7.06. The van der Waals surface area contributed by atoms with Gasteiger partial charge < -0.3 is 15.3 Å². The van der Waals surface area contributed by atoms with E-state index in [-0.39, 0.29) is 18.3 Å². The van der Waals surface area contributed by atoms with Gasteiger partial charge in [0.15, 0.2) is 5.60 Å². The van der Waals surface area contributed by atoms with Gasteiger partial charge in [-0.05, 0) is 50.1 Å². The van der Waals surface area contributed by atoms with Crippen LogP contribution in [0.4, 0.5) is 8.78 Å². The van der Waals surface area contributed by atoms with Crippen molar-refractivity contribution in [1.29, 1.82) is 0 Å². The molecule has 3 aliphatic rings. The summed E-state index contributed by atoms with van der Waals surface area (Å²) in [5.74, 6) is -3.99. The Morgan fingerprint density at radius 2 is 1.86 bits per heavy atom. The number of benzene rings is 1. The minimum atomic E-state index is -2.81. The number of aliphatic hydroxyl groups is 1. The number of hydrogen-bond acceptors (Lipinski definition) is 3. The van der Waals surface area contributed by atoms with Crippen molar-refractivity contribution in [2.45, 2.75) is 63.0 Å². The molecule has 1 aromatic rings. The van der Waals surface area contributed by atoms with Crippen molar-refractivity contribution in [3.05, 3.63) is 35.9 Å². The quantitative estimate of drug-likeness (QED) is 0.830. The molecule has 1 spiro atoms.